The van der Waals surface area contributed by atoms with E-state index in [1.54, 1.807) is 12.1 Å². The minimum atomic E-state index is -0.480. The van der Waals surface area contributed by atoms with Crippen molar-refractivity contribution in [3.8, 4) is 5.75 Å². The van der Waals surface area contributed by atoms with Gasteiger partial charge < -0.3 is 10.4 Å². The van der Waals surface area contributed by atoms with E-state index in [4.69, 9.17) is 0 Å². The van der Waals surface area contributed by atoms with Gasteiger partial charge in [-0.25, -0.2) is 4.98 Å². The molecule has 0 saturated carbocycles. The molecule has 2 aromatic carbocycles. The van der Waals surface area contributed by atoms with Crippen molar-refractivity contribution in [2.45, 2.75) is 19.4 Å². The van der Waals surface area contributed by atoms with Gasteiger partial charge in [-0.3, -0.25) is 9.89 Å². The Morgan fingerprint density at radius 2 is 2.04 bits per heavy atom. The normalized spacial score (nSPS) is 11.9. The van der Waals surface area contributed by atoms with E-state index in [-0.39, 0.29) is 17.2 Å². The lowest BCUT2D eigenvalue weighted by Gasteiger charge is -2.17. The number of amides is 1. The van der Waals surface area contributed by atoms with Crippen LogP contribution >= 0.6 is 0 Å². The van der Waals surface area contributed by atoms with Gasteiger partial charge in [-0.1, -0.05) is 43.3 Å². The topological polar surface area (TPSA) is 90.9 Å². The summed E-state index contributed by atoms with van der Waals surface area (Å²) in [6.07, 6.45) is 2.19. The van der Waals surface area contributed by atoms with Gasteiger partial charge in [0, 0.05) is 0 Å². The first-order chi connectivity index (χ1) is 11.7. The third-order valence-electron chi connectivity index (χ3n) is 3.83. The molecule has 122 valence electrons. The van der Waals surface area contributed by atoms with Crippen molar-refractivity contribution in [2.24, 2.45) is 0 Å². The fraction of sp³-hybridized carbons (Fsp3) is 0.167. The maximum absolute atomic E-state index is 12.6. The van der Waals surface area contributed by atoms with E-state index in [2.05, 4.69) is 20.5 Å². The Balaban J connectivity index is 1.89. The van der Waals surface area contributed by atoms with Gasteiger partial charge in [0.05, 0.1) is 5.56 Å². The van der Waals surface area contributed by atoms with Gasteiger partial charge in [0.2, 0.25) is 0 Å². The van der Waals surface area contributed by atoms with Gasteiger partial charge in [-0.15, -0.1) is 0 Å². The van der Waals surface area contributed by atoms with E-state index in [0.717, 1.165) is 17.5 Å². The molecule has 3 rings (SSSR count). The summed E-state index contributed by atoms with van der Waals surface area (Å²) in [6.45, 7) is 1.99. The van der Waals surface area contributed by atoms with Gasteiger partial charge in [0.15, 0.2) is 5.82 Å². The molecule has 6 nitrogen and oxygen atoms in total. The number of H-pyrrole nitrogens is 1. The highest BCUT2D eigenvalue weighted by Crippen LogP contribution is 2.23. The Morgan fingerprint density at radius 3 is 2.67 bits per heavy atom. The minimum Gasteiger partial charge on any atom is -0.507 e. The quantitative estimate of drug-likeness (QED) is 0.673. The summed E-state index contributed by atoms with van der Waals surface area (Å²) in [5.41, 5.74) is 2.07. The number of phenols is 1. The van der Waals surface area contributed by atoms with Gasteiger partial charge in [-0.05, 0) is 29.7 Å². The SMILES string of the molecule is CCc1ccc(C(=O)N[C@@H](c2ccccc2)c2ncn[nH]2)c(O)c1. The zero-order valence-corrected chi connectivity index (χ0v) is 13.2. The van der Waals surface area contributed by atoms with Crippen LogP contribution in [0.25, 0.3) is 0 Å². The molecule has 0 fully saturated rings. The molecule has 0 saturated heterocycles. The third kappa shape index (κ3) is 3.27. The number of rotatable bonds is 5. The molecule has 3 aromatic rings. The molecule has 24 heavy (non-hydrogen) atoms. The van der Waals surface area contributed by atoms with Crippen LogP contribution in [-0.4, -0.2) is 26.2 Å². The number of phenolic OH excluding ortho intramolecular Hbond substituents is 1. The van der Waals surface area contributed by atoms with Crippen LogP contribution in [0.5, 0.6) is 5.75 Å². The second-order valence-corrected chi connectivity index (χ2v) is 5.39. The summed E-state index contributed by atoms with van der Waals surface area (Å²) in [5.74, 6) is 0.121. The molecule has 0 aliphatic rings. The number of aromatic hydroxyl groups is 1. The third-order valence-corrected chi connectivity index (χ3v) is 3.83. The molecular weight excluding hydrogens is 304 g/mol. The summed E-state index contributed by atoms with van der Waals surface area (Å²) < 4.78 is 0. The number of nitrogens with zero attached hydrogens (tertiary/aromatic N) is 2. The van der Waals surface area contributed by atoms with Crippen molar-refractivity contribution in [2.75, 3.05) is 0 Å². The van der Waals surface area contributed by atoms with Crippen LogP contribution in [0.15, 0.2) is 54.9 Å². The number of hydrogen-bond donors (Lipinski definition) is 3. The van der Waals surface area contributed by atoms with Crippen LogP contribution < -0.4 is 5.32 Å². The van der Waals surface area contributed by atoms with Crippen molar-refractivity contribution in [1.29, 1.82) is 0 Å². The summed E-state index contributed by atoms with van der Waals surface area (Å²) in [5, 5.41) is 19.6. The largest absolute Gasteiger partial charge is 0.507 e. The summed E-state index contributed by atoms with van der Waals surface area (Å²) in [4.78, 5) is 16.8. The molecule has 6 heteroatoms. The number of aryl methyl sites for hydroxylation is 1. The van der Waals surface area contributed by atoms with Gasteiger partial charge >= 0.3 is 0 Å². The van der Waals surface area contributed by atoms with Crippen LogP contribution in [0, 0.1) is 0 Å². The summed E-state index contributed by atoms with van der Waals surface area (Å²) in [6, 6.07) is 14.1. The monoisotopic (exact) mass is 322 g/mol. The summed E-state index contributed by atoms with van der Waals surface area (Å²) in [7, 11) is 0. The lowest BCUT2D eigenvalue weighted by atomic mass is 10.0. The number of aromatic nitrogens is 3. The molecular formula is C18H18N4O2. The number of aromatic amines is 1. The first kappa shape index (κ1) is 15.7. The molecule has 1 atom stereocenters. The van der Waals surface area contributed by atoms with Gasteiger partial charge in [-0.2, -0.15) is 5.10 Å². The molecule has 1 aromatic heterocycles. The highest BCUT2D eigenvalue weighted by molar-refractivity contribution is 5.97. The van der Waals surface area contributed by atoms with Gasteiger partial charge in [0.1, 0.15) is 18.1 Å². The minimum absolute atomic E-state index is 0.0313. The van der Waals surface area contributed by atoms with E-state index in [0.29, 0.717) is 5.82 Å². The van der Waals surface area contributed by atoms with Crippen LogP contribution in [0.2, 0.25) is 0 Å². The van der Waals surface area contributed by atoms with Crippen molar-refractivity contribution in [3.63, 3.8) is 0 Å². The van der Waals surface area contributed by atoms with E-state index < -0.39 is 6.04 Å². The van der Waals surface area contributed by atoms with Crippen LogP contribution in [-0.2, 0) is 6.42 Å². The van der Waals surface area contributed by atoms with Crippen LogP contribution in [0.3, 0.4) is 0 Å². The number of carbonyl (C=O) groups excluding carboxylic acids is 1. The van der Waals surface area contributed by atoms with E-state index in [1.165, 1.54) is 6.33 Å². The van der Waals surface area contributed by atoms with E-state index in [9.17, 15) is 9.90 Å². The smallest absolute Gasteiger partial charge is 0.255 e. The van der Waals surface area contributed by atoms with Crippen molar-refractivity contribution >= 4 is 5.91 Å². The van der Waals surface area contributed by atoms with E-state index >= 15 is 0 Å². The Kier molecular flexibility index (Phi) is 4.56. The lowest BCUT2D eigenvalue weighted by Crippen LogP contribution is -2.30. The predicted molar refractivity (Wildman–Crippen MR) is 89.6 cm³/mol. The van der Waals surface area contributed by atoms with Gasteiger partial charge in [0.25, 0.3) is 5.91 Å². The Morgan fingerprint density at radius 1 is 1.25 bits per heavy atom. The summed E-state index contributed by atoms with van der Waals surface area (Å²) >= 11 is 0. The fourth-order valence-electron chi connectivity index (χ4n) is 2.51. The number of nitrogens with one attached hydrogen (secondary N) is 2. The molecule has 0 bridgehead atoms. The number of carbonyl (C=O) groups is 1. The van der Waals surface area contributed by atoms with Crippen molar-refractivity contribution in [1.82, 2.24) is 20.5 Å². The number of benzene rings is 2. The molecule has 0 radical (unpaired) electrons. The highest BCUT2D eigenvalue weighted by atomic mass is 16.3. The highest BCUT2D eigenvalue weighted by Gasteiger charge is 2.21. The second kappa shape index (κ2) is 6.95. The molecule has 1 amide bonds. The lowest BCUT2D eigenvalue weighted by molar-refractivity contribution is 0.0939. The molecule has 0 aliphatic heterocycles. The second-order valence-electron chi connectivity index (χ2n) is 5.39. The van der Waals surface area contributed by atoms with Crippen molar-refractivity contribution < 1.29 is 9.90 Å². The van der Waals surface area contributed by atoms with Crippen molar-refractivity contribution in [3.05, 3.63) is 77.4 Å². The molecule has 0 aliphatic carbocycles. The zero-order valence-electron chi connectivity index (χ0n) is 13.2. The first-order valence-corrected chi connectivity index (χ1v) is 7.72. The Bertz CT molecular complexity index is 816. The van der Waals surface area contributed by atoms with E-state index in [1.807, 2.05) is 43.3 Å². The molecule has 1 heterocycles. The number of hydrogen-bond acceptors (Lipinski definition) is 4. The predicted octanol–water partition coefficient (Wildman–Crippen LogP) is 2.59. The average Bonchev–Trinajstić information content (AvgIpc) is 3.14. The van der Waals surface area contributed by atoms with Crippen LogP contribution in [0.4, 0.5) is 0 Å². The Labute approximate surface area is 139 Å². The maximum Gasteiger partial charge on any atom is 0.255 e. The molecule has 0 unspecified atom stereocenters. The first-order valence-electron chi connectivity index (χ1n) is 7.72. The maximum atomic E-state index is 12.6. The standard InChI is InChI=1S/C18H18N4O2/c1-2-12-8-9-14(15(23)10-12)18(24)21-16(17-19-11-20-22-17)13-6-4-3-5-7-13/h3-11,16,23H,2H2,1H3,(H,21,24)(H,19,20,22)/t16-/m0/s1. The average molecular weight is 322 g/mol. The van der Waals surface area contributed by atoms with Crippen LogP contribution in [0.1, 0.15) is 40.3 Å². The Hall–Kier alpha value is -3.15. The zero-order chi connectivity index (χ0) is 16.9. The molecule has 3 N–H and O–H groups in total. The molecule has 0 spiro atoms. The fourth-order valence-corrected chi connectivity index (χ4v) is 2.51.